The van der Waals surface area contributed by atoms with Crippen molar-refractivity contribution in [2.24, 2.45) is 5.73 Å². The second-order valence-corrected chi connectivity index (χ2v) is 5.64. The van der Waals surface area contributed by atoms with Gasteiger partial charge in [0.05, 0.1) is 7.11 Å². The van der Waals surface area contributed by atoms with E-state index in [1.54, 1.807) is 7.11 Å². The fourth-order valence-corrected chi connectivity index (χ4v) is 2.88. The van der Waals surface area contributed by atoms with Crippen molar-refractivity contribution < 1.29 is 4.74 Å². The van der Waals surface area contributed by atoms with E-state index < -0.39 is 0 Å². The van der Waals surface area contributed by atoms with Crippen LogP contribution >= 0.6 is 0 Å². The second-order valence-electron chi connectivity index (χ2n) is 5.64. The van der Waals surface area contributed by atoms with Crippen LogP contribution in [0.4, 0.5) is 0 Å². The van der Waals surface area contributed by atoms with Gasteiger partial charge in [-0.3, -0.25) is 0 Å². The molecule has 1 aliphatic carbocycles. The van der Waals surface area contributed by atoms with E-state index in [2.05, 4.69) is 37.2 Å². The Kier molecular flexibility index (Phi) is 3.93. The zero-order chi connectivity index (χ0) is 13.2. The van der Waals surface area contributed by atoms with E-state index >= 15 is 0 Å². The zero-order valence-electron chi connectivity index (χ0n) is 11.7. The summed E-state index contributed by atoms with van der Waals surface area (Å²) in [5.74, 6) is 0.932. The van der Waals surface area contributed by atoms with Crippen molar-refractivity contribution in [3.05, 3.63) is 29.3 Å². The van der Waals surface area contributed by atoms with E-state index in [4.69, 9.17) is 10.5 Å². The van der Waals surface area contributed by atoms with Gasteiger partial charge in [0.15, 0.2) is 0 Å². The normalized spacial score (nSPS) is 18.3. The van der Waals surface area contributed by atoms with Crippen LogP contribution in [0.25, 0.3) is 0 Å². The van der Waals surface area contributed by atoms with E-state index in [-0.39, 0.29) is 5.54 Å². The molecule has 0 spiro atoms. The average Bonchev–Trinajstić information content (AvgIpc) is 2.76. The predicted octanol–water partition coefficient (Wildman–Crippen LogP) is 2.48. The third-order valence-electron chi connectivity index (χ3n) is 3.79. The third kappa shape index (κ3) is 2.68. The molecule has 0 radical (unpaired) electrons. The van der Waals surface area contributed by atoms with Crippen LogP contribution in [0.5, 0.6) is 5.75 Å². The van der Waals surface area contributed by atoms with Crippen LogP contribution in [0, 0.1) is 0 Å². The molecule has 0 aromatic heterocycles. The number of hydrogen-bond acceptors (Lipinski definition) is 3. The summed E-state index contributed by atoms with van der Waals surface area (Å²) >= 11 is 0. The minimum absolute atomic E-state index is 0.187. The molecule has 1 aromatic rings. The number of methoxy groups -OCH3 is 1. The highest BCUT2D eigenvalue weighted by Crippen LogP contribution is 2.40. The largest absolute Gasteiger partial charge is 0.496 e. The van der Waals surface area contributed by atoms with Gasteiger partial charge in [0.1, 0.15) is 5.75 Å². The minimum atomic E-state index is -0.187. The molecule has 0 bridgehead atoms. The molecule has 0 atom stereocenters. The molecular formula is C15H24N2O. The van der Waals surface area contributed by atoms with E-state index in [0.717, 1.165) is 25.1 Å². The Morgan fingerprint density at radius 3 is 2.50 bits per heavy atom. The minimum Gasteiger partial charge on any atom is -0.496 e. The quantitative estimate of drug-likeness (QED) is 0.889. The SMILES string of the molecule is COc1ccc(CN(C)C)cc1C1(N)CCCC1. The summed E-state index contributed by atoms with van der Waals surface area (Å²) in [7, 11) is 5.89. The molecule has 2 N–H and O–H groups in total. The van der Waals surface area contributed by atoms with Gasteiger partial charge in [-0.2, -0.15) is 0 Å². The maximum absolute atomic E-state index is 6.56. The number of benzene rings is 1. The van der Waals surface area contributed by atoms with Gasteiger partial charge in [0.25, 0.3) is 0 Å². The molecule has 0 aliphatic heterocycles. The van der Waals surface area contributed by atoms with E-state index in [0.29, 0.717) is 0 Å². The first-order valence-corrected chi connectivity index (χ1v) is 6.66. The smallest absolute Gasteiger partial charge is 0.123 e. The van der Waals surface area contributed by atoms with Crippen LogP contribution in [0.1, 0.15) is 36.8 Å². The Morgan fingerprint density at radius 1 is 1.28 bits per heavy atom. The average molecular weight is 248 g/mol. The van der Waals surface area contributed by atoms with Crippen molar-refractivity contribution in [1.82, 2.24) is 4.90 Å². The first kappa shape index (κ1) is 13.4. The number of nitrogens with zero attached hydrogens (tertiary/aromatic N) is 1. The summed E-state index contributed by atoms with van der Waals surface area (Å²) in [4.78, 5) is 2.17. The van der Waals surface area contributed by atoms with Crippen LogP contribution in [-0.2, 0) is 12.1 Å². The summed E-state index contributed by atoms with van der Waals surface area (Å²) in [6, 6.07) is 6.41. The number of ether oxygens (including phenoxy) is 1. The first-order valence-electron chi connectivity index (χ1n) is 6.66. The first-order chi connectivity index (χ1) is 8.55. The fraction of sp³-hybridized carbons (Fsp3) is 0.600. The molecular weight excluding hydrogens is 224 g/mol. The van der Waals surface area contributed by atoms with Crippen LogP contribution < -0.4 is 10.5 Å². The summed E-state index contributed by atoms with van der Waals surface area (Å²) < 4.78 is 5.49. The topological polar surface area (TPSA) is 38.5 Å². The highest BCUT2D eigenvalue weighted by atomic mass is 16.5. The molecule has 18 heavy (non-hydrogen) atoms. The van der Waals surface area contributed by atoms with Gasteiger partial charge in [0.2, 0.25) is 0 Å². The standard InChI is InChI=1S/C15H24N2O/c1-17(2)11-12-6-7-14(18-3)13(10-12)15(16)8-4-5-9-15/h6-7,10H,4-5,8-9,11,16H2,1-3H3. The van der Waals surface area contributed by atoms with Crippen molar-refractivity contribution in [3.8, 4) is 5.75 Å². The highest BCUT2D eigenvalue weighted by molar-refractivity contribution is 5.42. The highest BCUT2D eigenvalue weighted by Gasteiger charge is 2.33. The van der Waals surface area contributed by atoms with E-state index in [1.807, 2.05) is 0 Å². The Labute approximate surface area is 110 Å². The van der Waals surface area contributed by atoms with E-state index in [9.17, 15) is 0 Å². The lowest BCUT2D eigenvalue weighted by molar-refractivity contribution is 0.375. The molecule has 100 valence electrons. The monoisotopic (exact) mass is 248 g/mol. The Bertz CT molecular complexity index is 409. The lowest BCUT2D eigenvalue weighted by Crippen LogP contribution is -2.33. The third-order valence-corrected chi connectivity index (χ3v) is 3.79. The van der Waals surface area contributed by atoms with Crippen molar-refractivity contribution in [3.63, 3.8) is 0 Å². The number of hydrogen-bond donors (Lipinski definition) is 1. The maximum Gasteiger partial charge on any atom is 0.123 e. The molecule has 1 aliphatic rings. The predicted molar refractivity (Wildman–Crippen MR) is 74.7 cm³/mol. The van der Waals surface area contributed by atoms with Gasteiger partial charge in [-0.05, 0) is 44.6 Å². The molecule has 0 unspecified atom stereocenters. The lowest BCUT2D eigenvalue weighted by Gasteiger charge is -2.27. The van der Waals surface area contributed by atoms with E-state index in [1.165, 1.54) is 24.0 Å². The second kappa shape index (κ2) is 5.29. The van der Waals surface area contributed by atoms with Crippen LogP contribution in [0.3, 0.4) is 0 Å². The molecule has 1 saturated carbocycles. The molecule has 1 aromatic carbocycles. The van der Waals surface area contributed by atoms with Gasteiger partial charge < -0.3 is 15.4 Å². The molecule has 0 saturated heterocycles. The zero-order valence-corrected chi connectivity index (χ0v) is 11.7. The van der Waals surface area contributed by atoms with Crippen LogP contribution in [0.15, 0.2) is 18.2 Å². The van der Waals surface area contributed by atoms with Crippen molar-refractivity contribution in [2.45, 2.75) is 37.8 Å². The molecule has 2 rings (SSSR count). The Morgan fingerprint density at radius 2 is 1.94 bits per heavy atom. The van der Waals surface area contributed by atoms with Gasteiger partial charge in [0, 0.05) is 17.6 Å². The maximum atomic E-state index is 6.56. The van der Waals surface area contributed by atoms with Crippen molar-refractivity contribution in [1.29, 1.82) is 0 Å². The van der Waals surface area contributed by atoms with Gasteiger partial charge in [-0.15, -0.1) is 0 Å². The van der Waals surface area contributed by atoms with Crippen LogP contribution in [0.2, 0.25) is 0 Å². The molecule has 3 nitrogen and oxygen atoms in total. The van der Waals surface area contributed by atoms with Gasteiger partial charge >= 0.3 is 0 Å². The molecule has 3 heteroatoms. The van der Waals surface area contributed by atoms with Gasteiger partial charge in [-0.25, -0.2) is 0 Å². The fourth-order valence-electron chi connectivity index (χ4n) is 2.88. The van der Waals surface area contributed by atoms with Crippen molar-refractivity contribution in [2.75, 3.05) is 21.2 Å². The molecule has 1 fully saturated rings. The van der Waals surface area contributed by atoms with Gasteiger partial charge in [-0.1, -0.05) is 18.9 Å². The number of nitrogens with two attached hydrogens (primary N) is 1. The summed E-state index contributed by atoms with van der Waals surface area (Å²) in [6.07, 6.45) is 4.57. The summed E-state index contributed by atoms with van der Waals surface area (Å²) in [5.41, 5.74) is 8.86. The van der Waals surface area contributed by atoms with Crippen molar-refractivity contribution >= 4 is 0 Å². The Balaban J connectivity index is 2.36. The molecule has 0 heterocycles. The number of rotatable bonds is 4. The lowest BCUT2D eigenvalue weighted by atomic mass is 9.87. The summed E-state index contributed by atoms with van der Waals surface area (Å²) in [5, 5.41) is 0. The Hall–Kier alpha value is -1.06. The summed E-state index contributed by atoms with van der Waals surface area (Å²) in [6.45, 7) is 0.938. The van der Waals surface area contributed by atoms with Crippen LogP contribution in [-0.4, -0.2) is 26.1 Å². The molecule has 0 amide bonds.